The Labute approximate surface area is 127 Å². The number of nitrogens with one attached hydrogen (secondary N) is 1. The Morgan fingerprint density at radius 2 is 2.33 bits per heavy atom. The van der Waals surface area contributed by atoms with Crippen LogP contribution in [0.1, 0.15) is 18.9 Å². The summed E-state index contributed by atoms with van der Waals surface area (Å²) in [5.41, 5.74) is 0.169. The van der Waals surface area contributed by atoms with Crippen LogP contribution in [0, 0.1) is 5.82 Å². The molecule has 1 N–H and O–H groups in total. The third-order valence-electron chi connectivity index (χ3n) is 3.39. The molecule has 21 heavy (non-hydrogen) atoms. The number of benzene rings is 1. The Morgan fingerprint density at radius 3 is 3.00 bits per heavy atom. The SMILES string of the molecule is CCC1C(=O)NCCN1C(=O)C=Cc1c(F)cccc1Cl. The molecule has 1 atom stereocenters. The second-order valence-corrected chi connectivity index (χ2v) is 5.12. The molecule has 0 aliphatic carbocycles. The van der Waals surface area contributed by atoms with Gasteiger partial charge >= 0.3 is 0 Å². The molecular formula is C15H16ClFN2O2. The van der Waals surface area contributed by atoms with Crippen LogP contribution in [0.2, 0.25) is 5.02 Å². The quantitative estimate of drug-likeness (QED) is 0.870. The van der Waals surface area contributed by atoms with Crippen molar-refractivity contribution in [3.05, 3.63) is 40.7 Å². The zero-order valence-electron chi connectivity index (χ0n) is 11.6. The lowest BCUT2D eigenvalue weighted by Crippen LogP contribution is -2.56. The minimum atomic E-state index is -0.491. The van der Waals surface area contributed by atoms with Gasteiger partial charge in [-0.15, -0.1) is 0 Å². The number of nitrogens with zero attached hydrogens (tertiary/aromatic N) is 1. The van der Waals surface area contributed by atoms with Crippen molar-refractivity contribution in [2.75, 3.05) is 13.1 Å². The van der Waals surface area contributed by atoms with Crippen LogP contribution in [0.3, 0.4) is 0 Å². The van der Waals surface area contributed by atoms with Crippen molar-refractivity contribution in [1.29, 1.82) is 0 Å². The maximum absolute atomic E-state index is 13.6. The van der Waals surface area contributed by atoms with E-state index < -0.39 is 11.9 Å². The average molecular weight is 311 g/mol. The van der Waals surface area contributed by atoms with Gasteiger partial charge in [-0.05, 0) is 24.6 Å². The van der Waals surface area contributed by atoms with E-state index in [1.807, 2.05) is 6.92 Å². The highest BCUT2D eigenvalue weighted by molar-refractivity contribution is 6.32. The molecule has 1 heterocycles. The van der Waals surface area contributed by atoms with Crippen molar-refractivity contribution >= 4 is 29.5 Å². The van der Waals surface area contributed by atoms with Gasteiger partial charge < -0.3 is 10.2 Å². The number of carbonyl (C=O) groups excluding carboxylic acids is 2. The number of amides is 2. The molecule has 0 radical (unpaired) electrons. The van der Waals surface area contributed by atoms with Crippen molar-refractivity contribution < 1.29 is 14.0 Å². The number of halogens is 2. The van der Waals surface area contributed by atoms with Crippen LogP contribution in [-0.4, -0.2) is 35.8 Å². The predicted molar refractivity (Wildman–Crippen MR) is 79.2 cm³/mol. The van der Waals surface area contributed by atoms with Crippen LogP contribution in [0.15, 0.2) is 24.3 Å². The lowest BCUT2D eigenvalue weighted by molar-refractivity contribution is -0.140. The smallest absolute Gasteiger partial charge is 0.247 e. The summed E-state index contributed by atoms with van der Waals surface area (Å²) in [5.74, 6) is -0.972. The molecule has 1 aliphatic rings. The van der Waals surface area contributed by atoms with Crippen LogP contribution in [0.25, 0.3) is 6.08 Å². The Balaban J connectivity index is 2.17. The molecule has 4 nitrogen and oxygen atoms in total. The van der Waals surface area contributed by atoms with E-state index in [-0.39, 0.29) is 22.4 Å². The first kappa shape index (κ1) is 15.5. The van der Waals surface area contributed by atoms with Crippen molar-refractivity contribution in [3.63, 3.8) is 0 Å². The Hall–Kier alpha value is -1.88. The molecule has 2 amide bonds. The number of hydrogen-bond donors (Lipinski definition) is 1. The fourth-order valence-corrected chi connectivity index (χ4v) is 2.53. The third kappa shape index (κ3) is 3.42. The Bertz CT molecular complexity index is 569. The first-order valence-electron chi connectivity index (χ1n) is 6.75. The molecule has 1 aromatic carbocycles. The number of piperazine rings is 1. The Kier molecular flexibility index (Phi) is 4.96. The molecule has 1 aliphatic heterocycles. The highest BCUT2D eigenvalue weighted by Gasteiger charge is 2.30. The molecule has 0 aromatic heterocycles. The van der Waals surface area contributed by atoms with Gasteiger partial charge in [-0.2, -0.15) is 0 Å². The molecule has 1 unspecified atom stereocenters. The predicted octanol–water partition coefficient (Wildman–Crippen LogP) is 2.23. The molecule has 1 aromatic rings. The summed E-state index contributed by atoms with van der Waals surface area (Å²) in [6.45, 7) is 2.71. The van der Waals surface area contributed by atoms with Crippen molar-refractivity contribution in [3.8, 4) is 0 Å². The van der Waals surface area contributed by atoms with E-state index in [4.69, 9.17) is 11.6 Å². The molecule has 0 saturated carbocycles. The maximum Gasteiger partial charge on any atom is 0.247 e. The van der Waals surface area contributed by atoms with Gasteiger partial charge in [0.2, 0.25) is 11.8 Å². The lowest BCUT2D eigenvalue weighted by Gasteiger charge is -2.33. The molecular weight excluding hydrogens is 295 g/mol. The van der Waals surface area contributed by atoms with Crippen LogP contribution in [0.5, 0.6) is 0 Å². The number of carbonyl (C=O) groups is 2. The molecule has 0 bridgehead atoms. The van der Waals surface area contributed by atoms with Crippen LogP contribution in [0.4, 0.5) is 4.39 Å². The van der Waals surface area contributed by atoms with E-state index in [0.717, 1.165) is 0 Å². The highest BCUT2D eigenvalue weighted by atomic mass is 35.5. The van der Waals surface area contributed by atoms with Gasteiger partial charge in [0.05, 0.1) is 5.02 Å². The molecule has 6 heteroatoms. The summed E-state index contributed by atoms with van der Waals surface area (Å²) < 4.78 is 13.6. The summed E-state index contributed by atoms with van der Waals surface area (Å²) >= 11 is 5.90. The van der Waals surface area contributed by atoms with E-state index in [9.17, 15) is 14.0 Å². The van der Waals surface area contributed by atoms with Crippen molar-refractivity contribution in [2.45, 2.75) is 19.4 Å². The van der Waals surface area contributed by atoms with Crippen LogP contribution >= 0.6 is 11.6 Å². The topological polar surface area (TPSA) is 49.4 Å². The van der Waals surface area contributed by atoms with E-state index in [1.54, 1.807) is 6.07 Å². The molecule has 112 valence electrons. The summed E-state index contributed by atoms with van der Waals surface area (Å²) in [6.07, 6.45) is 3.14. The highest BCUT2D eigenvalue weighted by Crippen LogP contribution is 2.20. The zero-order chi connectivity index (χ0) is 15.4. The minimum Gasteiger partial charge on any atom is -0.353 e. The largest absolute Gasteiger partial charge is 0.353 e. The fraction of sp³-hybridized carbons (Fsp3) is 0.333. The summed E-state index contributed by atoms with van der Waals surface area (Å²) in [6, 6.07) is 3.85. The minimum absolute atomic E-state index is 0.158. The third-order valence-corrected chi connectivity index (χ3v) is 3.72. The molecule has 1 saturated heterocycles. The van der Waals surface area contributed by atoms with Gasteiger partial charge in [-0.1, -0.05) is 24.6 Å². The number of hydrogen-bond acceptors (Lipinski definition) is 2. The zero-order valence-corrected chi connectivity index (χ0v) is 12.4. The van der Waals surface area contributed by atoms with Gasteiger partial charge in [0.25, 0.3) is 0 Å². The van der Waals surface area contributed by atoms with Gasteiger partial charge in [0.1, 0.15) is 11.9 Å². The second-order valence-electron chi connectivity index (χ2n) is 4.72. The molecule has 0 spiro atoms. The van der Waals surface area contributed by atoms with Crippen molar-refractivity contribution in [1.82, 2.24) is 10.2 Å². The fourth-order valence-electron chi connectivity index (χ4n) is 2.30. The summed E-state index contributed by atoms with van der Waals surface area (Å²) in [5, 5.41) is 2.96. The Morgan fingerprint density at radius 1 is 1.57 bits per heavy atom. The standard InChI is InChI=1S/C15H16ClFN2O2/c1-2-13-15(21)18-8-9-19(13)14(20)7-6-10-11(16)4-3-5-12(10)17/h3-7,13H,2,8-9H2,1H3,(H,18,21). The molecule has 2 rings (SSSR count). The van der Waals surface area contributed by atoms with Crippen molar-refractivity contribution in [2.24, 2.45) is 0 Å². The van der Waals surface area contributed by atoms with Gasteiger partial charge in [0.15, 0.2) is 0 Å². The normalized spacial score (nSPS) is 18.9. The van der Waals surface area contributed by atoms with Gasteiger partial charge in [0, 0.05) is 24.7 Å². The average Bonchev–Trinajstić information content (AvgIpc) is 2.46. The van der Waals surface area contributed by atoms with E-state index >= 15 is 0 Å². The number of rotatable bonds is 3. The lowest BCUT2D eigenvalue weighted by atomic mass is 10.1. The van der Waals surface area contributed by atoms with Crippen LogP contribution in [-0.2, 0) is 9.59 Å². The summed E-state index contributed by atoms with van der Waals surface area (Å²) in [7, 11) is 0. The van der Waals surface area contributed by atoms with E-state index in [2.05, 4.69) is 5.32 Å². The van der Waals surface area contributed by atoms with E-state index in [0.29, 0.717) is 19.5 Å². The van der Waals surface area contributed by atoms with Gasteiger partial charge in [-0.3, -0.25) is 9.59 Å². The summed E-state index contributed by atoms with van der Waals surface area (Å²) in [4.78, 5) is 25.4. The first-order chi connectivity index (χ1) is 10.0. The second kappa shape index (κ2) is 6.72. The monoisotopic (exact) mass is 310 g/mol. The maximum atomic E-state index is 13.6. The van der Waals surface area contributed by atoms with E-state index in [1.165, 1.54) is 29.2 Å². The first-order valence-corrected chi connectivity index (χ1v) is 7.12. The van der Waals surface area contributed by atoms with Crippen LogP contribution < -0.4 is 5.32 Å². The molecule has 1 fully saturated rings. The van der Waals surface area contributed by atoms with Gasteiger partial charge in [-0.25, -0.2) is 4.39 Å².